The summed E-state index contributed by atoms with van der Waals surface area (Å²) < 4.78 is 0. The van der Waals surface area contributed by atoms with Crippen LogP contribution < -0.4 is 5.32 Å². The quantitative estimate of drug-likeness (QED) is 0.702. The van der Waals surface area contributed by atoms with Gasteiger partial charge in [-0.2, -0.15) is 0 Å². The Hall–Kier alpha value is -0.820. The summed E-state index contributed by atoms with van der Waals surface area (Å²) >= 11 is 0. The maximum Gasteiger partial charge on any atom is -0.00178 e. The minimum atomic E-state index is 0.841. The molecule has 1 saturated carbocycles. The predicted molar refractivity (Wildman–Crippen MR) is 92.5 cm³/mol. The Morgan fingerprint density at radius 2 is 1.86 bits per heavy atom. The fourth-order valence-corrected chi connectivity index (χ4v) is 3.87. The molecule has 0 aromatic heterocycles. The molecule has 1 nitrogen and oxygen atoms in total. The second-order valence-corrected chi connectivity index (χ2v) is 7.23. The zero-order valence-electron chi connectivity index (χ0n) is 14.1. The molecule has 1 aromatic rings. The van der Waals surface area contributed by atoms with Crippen LogP contribution in [-0.2, 0) is 6.42 Å². The van der Waals surface area contributed by atoms with Gasteiger partial charge in [-0.15, -0.1) is 0 Å². The van der Waals surface area contributed by atoms with Crippen LogP contribution in [0.15, 0.2) is 30.3 Å². The van der Waals surface area contributed by atoms with Crippen molar-refractivity contribution in [3.05, 3.63) is 35.9 Å². The van der Waals surface area contributed by atoms with Crippen molar-refractivity contribution >= 4 is 0 Å². The van der Waals surface area contributed by atoms with Crippen LogP contribution in [0.4, 0.5) is 0 Å². The van der Waals surface area contributed by atoms with Crippen molar-refractivity contribution in [2.45, 2.75) is 52.9 Å². The first-order valence-electron chi connectivity index (χ1n) is 8.95. The molecule has 2 rings (SSSR count). The average molecular weight is 287 g/mol. The summed E-state index contributed by atoms with van der Waals surface area (Å²) in [5, 5.41) is 3.66. The van der Waals surface area contributed by atoms with E-state index in [1.807, 2.05) is 0 Å². The summed E-state index contributed by atoms with van der Waals surface area (Å²) in [5.74, 6) is 3.50. The third-order valence-electron chi connectivity index (χ3n) is 5.30. The van der Waals surface area contributed by atoms with Crippen LogP contribution in [0, 0.1) is 23.7 Å². The standard InChI is InChI=1S/C20H33N/c1-4-12-21-15-19-11-10-18(16(2)3)14-20(19)13-17-8-6-5-7-9-17/h5-9,16,18-21H,4,10-15H2,1-3H3. The lowest BCUT2D eigenvalue weighted by atomic mass is 9.68. The lowest BCUT2D eigenvalue weighted by molar-refractivity contribution is 0.144. The summed E-state index contributed by atoms with van der Waals surface area (Å²) in [7, 11) is 0. The zero-order chi connectivity index (χ0) is 15.1. The van der Waals surface area contributed by atoms with Gasteiger partial charge >= 0.3 is 0 Å². The van der Waals surface area contributed by atoms with Gasteiger partial charge in [0.15, 0.2) is 0 Å². The normalized spacial score (nSPS) is 26.2. The molecule has 1 aliphatic carbocycles. The summed E-state index contributed by atoms with van der Waals surface area (Å²) in [6, 6.07) is 11.1. The SMILES string of the molecule is CCCNCC1CCC(C(C)C)CC1Cc1ccccc1. The van der Waals surface area contributed by atoms with E-state index < -0.39 is 0 Å². The minimum Gasteiger partial charge on any atom is -0.316 e. The van der Waals surface area contributed by atoms with Crippen LogP contribution in [-0.4, -0.2) is 13.1 Å². The van der Waals surface area contributed by atoms with E-state index in [-0.39, 0.29) is 0 Å². The lowest BCUT2D eigenvalue weighted by Gasteiger charge is -2.38. The minimum absolute atomic E-state index is 0.841. The zero-order valence-corrected chi connectivity index (χ0v) is 14.1. The van der Waals surface area contributed by atoms with Gasteiger partial charge in [-0.1, -0.05) is 51.1 Å². The molecule has 0 aliphatic heterocycles. The van der Waals surface area contributed by atoms with E-state index in [1.165, 1.54) is 50.8 Å². The van der Waals surface area contributed by atoms with E-state index >= 15 is 0 Å². The van der Waals surface area contributed by atoms with Gasteiger partial charge in [0.05, 0.1) is 0 Å². The van der Waals surface area contributed by atoms with E-state index in [0.717, 1.165) is 23.7 Å². The van der Waals surface area contributed by atoms with Gasteiger partial charge < -0.3 is 5.32 Å². The molecule has 1 N–H and O–H groups in total. The fourth-order valence-electron chi connectivity index (χ4n) is 3.87. The van der Waals surface area contributed by atoms with Crippen LogP contribution >= 0.6 is 0 Å². The first-order chi connectivity index (χ1) is 10.2. The summed E-state index contributed by atoms with van der Waals surface area (Å²) in [6.45, 7) is 9.45. The van der Waals surface area contributed by atoms with Gasteiger partial charge in [0.1, 0.15) is 0 Å². The number of hydrogen-bond acceptors (Lipinski definition) is 1. The maximum atomic E-state index is 3.66. The molecule has 3 unspecified atom stereocenters. The Kier molecular flexibility index (Phi) is 6.76. The topological polar surface area (TPSA) is 12.0 Å². The second-order valence-electron chi connectivity index (χ2n) is 7.23. The molecule has 1 heteroatoms. The Labute approximate surface area is 131 Å². The Morgan fingerprint density at radius 1 is 1.10 bits per heavy atom. The molecule has 0 radical (unpaired) electrons. The van der Waals surface area contributed by atoms with E-state index in [4.69, 9.17) is 0 Å². The molecular weight excluding hydrogens is 254 g/mol. The van der Waals surface area contributed by atoms with Crippen molar-refractivity contribution in [1.82, 2.24) is 5.32 Å². The van der Waals surface area contributed by atoms with Crippen molar-refractivity contribution in [2.24, 2.45) is 23.7 Å². The summed E-state index contributed by atoms with van der Waals surface area (Å²) in [5.41, 5.74) is 1.52. The highest BCUT2D eigenvalue weighted by Gasteiger charge is 2.31. The van der Waals surface area contributed by atoms with Gasteiger partial charge in [-0.05, 0) is 74.4 Å². The summed E-state index contributed by atoms with van der Waals surface area (Å²) in [6.07, 6.45) is 6.77. The van der Waals surface area contributed by atoms with Crippen molar-refractivity contribution in [3.63, 3.8) is 0 Å². The van der Waals surface area contributed by atoms with E-state index in [1.54, 1.807) is 0 Å². The van der Waals surface area contributed by atoms with E-state index in [9.17, 15) is 0 Å². The molecule has 0 heterocycles. The molecule has 0 saturated heterocycles. The Balaban J connectivity index is 1.97. The highest BCUT2D eigenvalue weighted by molar-refractivity contribution is 5.15. The van der Waals surface area contributed by atoms with Gasteiger partial charge in [0.25, 0.3) is 0 Å². The van der Waals surface area contributed by atoms with Gasteiger partial charge in [-0.25, -0.2) is 0 Å². The van der Waals surface area contributed by atoms with Crippen LogP contribution in [0.2, 0.25) is 0 Å². The average Bonchev–Trinajstić information content (AvgIpc) is 2.50. The highest BCUT2D eigenvalue weighted by Crippen LogP contribution is 2.38. The first kappa shape index (κ1) is 16.5. The van der Waals surface area contributed by atoms with Crippen LogP contribution in [0.5, 0.6) is 0 Å². The molecule has 1 fully saturated rings. The first-order valence-corrected chi connectivity index (χ1v) is 8.95. The number of benzene rings is 1. The summed E-state index contributed by atoms with van der Waals surface area (Å²) in [4.78, 5) is 0. The fraction of sp³-hybridized carbons (Fsp3) is 0.700. The molecule has 1 aromatic carbocycles. The Morgan fingerprint density at radius 3 is 2.52 bits per heavy atom. The monoisotopic (exact) mass is 287 g/mol. The van der Waals surface area contributed by atoms with Gasteiger partial charge in [0.2, 0.25) is 0 Å². The molecule has 0 amide bonds. The van der Waals surface area contributed by atoms with Crippen molar-refractivity contribution < 1.29 is 0 Å². The Bertz CT molecular complexity index is 384. The second kappa shape index (κ2) is 8.58. The third kappa shape index (κ3) is 5.14. The molecule has 3 atom stereocenters. The van der Waals surface area contributed by atoms with Gasteiger partial charge in [-0.3, -0.25) is 0 Å². The number of nitrogens with one attached hydrogen (secondary N) is 1. The molecule has 0 bridgehead atoms. The smallest absolute Gasteiger partial charge is 0.00178 e. The largest absolute Gasteiger partial charge is 0.316 e. The molecular formula is C20H33N. The van der Waals surface area contributed by atoms with Crippen molar-refractivity contribution in [1.29, 1.82) is 0 Å². The van der Waals surface area contributed by atoms with Crippen LogP contribution in [0.3, 0.4) is 0 Å². The lowest BCUT2D eigenvalue weighted by Crippen LogP contribution is -2.35. The molecule has 118 valence electrons. The van der Waals surface area contributed by atoms with Crippen LogP contribution in [0.1, 0.15) is 52.0 Å². The highest BCUT2D eigenvalue weighted by atomic mass is 14.9. The maximum absolute atomic E-state index is 3.66. The number of rotatable bonds is 7. The molecule has 21 heavy (non-hydrogen) atoms. The van der Waals surface area contributed by atoms with E-state index in [2.05, 4.69) is 56.4 Å². The number of hydrogen-bond donors (Lipinski definition) is 1. The van der Waals surface area contributed by atoms with Crippen LogP contribution in [0.25, 0.3) is 0 Å². The third-order valence-corrected chi connectivity index (χ3v) is 5.30. The van der Waals surface area contributed by atoms with Gasteiger partial charge in [0, 0.05) is 0 Å². The molecule has 0 spiro atoms. The predicted octanol–water partition coefficient (Wildman–Crippen LogP) is 4.92. The van der Waals surface area contributed by atoms with E-state index in [0.29, 0.717) is 0 Å². The molecule has 1 aliphatic rings. The van der Waals surface area contributed by atoms with Crippen molar-refractivity contribution in [2.75, 3.05) is 13.1 Å². The van der Waals surface area contributed by atoms with Crippen molar-refractivity contribution in [3.8, 4) is 0 Å².